The van der Waals surface area contributed by atoms with Gasteiger partial charge in [0.1, 0.15) is 10.7 Å². The van der Waals surface area contributed by atoms with Gasteiger partial charge in [-0.05, 0) is 56.0 Å². The quantitative estimate of drug-likeness (QED) is 0.668. The summed E-state index contributed by atoms with van der Waals surface area (Å²) < 4.78 is 43.7. The molecule has 0 spiro atoms. The maximum atomic E-state index is 13.6. The van der Waals surface area contributed by atoms with E-state index in [9.17, 15) is 12.8 Å². The third-order valence-corrected chi connectivity index (χ3v) is 7.17. The predicted molar refractivity (Wildman–Crippen MR) is 106 cm³/mol. The molecule has 5 nitrogen and oxygen atoms in total. The maximum absolute atomic E-state index is 13.6. The van der Waals surface area contributed by atoms with Crippen LogP contribution in [0.25, 0.3) is 0 Å². The standard InChI is InChI=1S/C21H22FN3O2S/c1-15-8-9-18-12-19(22)10-11-20(18)25(15)28(26,27)21-14-24(23-16(21)2)13-17-6-4-3-5-7-17/h3-7,10-12,14-15H,8-9,13H2,1-2H3. The maximum Gasteiger partial charge on any atom is 0.267 e. The lowest BCUT2D eigenvalue weighted by Gasteiger charge is -2.35. The van der Waals surface area contributed by atoms with Crippen LogP contribution in [0, 0.1) is 12.7 Å². The second-order valence-electron chi connectivity index (χ2n) is 7.22. The Balaban J connectivity index is 1.73. The highest BCUT2D eigenvalue weighted by molar-refractivity contribution is 7.93. The summed E-state index contributed by atoms with van der Waals surface area (Å²) in [5.74, 6) is -0.350. The molecule has 0 fully saturated rings. The highest BCUT2D eigenvalue weighted by atomic mass is 32.2. The van der Waals surface area contributed by atoms with Crippen LogP contribution >= 0.6 is 0 Å². The van der Waals surface area contributed by atoms with E-state index in [1.165, 1.54) is 16.4 Å². The molecule has 7 heteroatoms. The summed E-state index contributed by atoms with van der Waals surface area (Å²) in [7, 11) is -3.81. The molecule has 4 rings (SSSR count). The van der Waals surface area contributed by atoms with Gasteiger partial charge in [0.25, 0.3) is 10.0 Å². The smallest absolute Gasteiger partial charge is 0.267 e. The van der Waals surface area contributed by atoms with Crippen LogP contribution in [0.2, 0.25) is 0 Å². The molecule has 0 bridgehead atoms. The van der Waals surface area contributed by atoms with E-state index >= 15 is 0 Å². The number of hydrogen-bond acceptors (Lipinski definition) is 3. The number of sulfonamides is 1. The summed E-state index contributed by atoms with van der Waals surface area (Å²) in [4.78, 5) is 0.187. The minimum atomic E-state index is -3.81. The van der Waals surface area contributed by atoms with Gasteiger partial charge in [-0.25, -0.2) is 12.8 Å². The fraction of sp³-hybridized carbons (Fsp3) is 0.286. The van der Waals surface area contributed by atoms with Gasteiger partial charge < -0.3 is 0 Å². The summed E-state index contributed by atoms with van der Waals surface area (Å²) in [6.07, 6.45) is 2.89. The van der Waals surface area contributed by atoms with Gasteiger partial charge in [-0.1, -0.05) is 30.3 Å². The molecule has 28 heavy (non-hydrogen) atoms. The van der Waals surface area contributed by atoms with Crippen molar-refractivity contribution in [2.75, 3.05) is 4.31 Å². The molecule has 0 radical (unpaired) electrons. The van der Waals surface area contributed by atoms with Crippen LogP contribution in [-0.2, 0) is 23.0 Å². The molecular formula is C21H22FN3O2S. The largest absolute Gasteiger partial charge is 0.267 e. The fourth-order valence-corrected chi connectivity index (χ4v) is 5.66. The molecular weight excluding hydrogens is 377 g/mol. The molecule has 1 aliphatic rings. The molecule has 0 saturated heterocycles. The monoisotopic (exact) mass is 399 g/mol. The Labute approximate surface area is 164 Å². The molecule has 2 aromatic carbocycles. The first-order valence-corrected chi connectivity index (χ1v) is 10.7. The predicted octanol–water partition coefficient (Wildman–Crippen LogP) is 3.91. The van der Waals surface area contributed by atoms with Crippen LogP contribution in [0.5, 0.6) is 0 Å². The van der Waals surface area contributed by atoms with Crippen molar-refractivity contribution in [2.24, 2.45) is 0 Å². The number of hydrogen-bond donors (Lipinski definition) is 0. The molecule has 1 atom stereocenters. The molecule has 3 aromatic rings. The number of benzene rings is 2. The number of nitrogens with zero attached hydrogens (tertiary/aromatic N) is 3. The minimum Gasteiger partial charge on any atom is -0.267 e. The van der Waals surface area contributed by atoms with E-state index in [1.807, 2.05) is 37.3 Å². The normalized spacial score (nSPS) is 16.8. The fourth-order valence-electron chi connectivity index (χ4n) is 3.77. The van der Waals surface area contributed by atoms with E-state index in [4.69, 9.17) is 0 Å². The van der Waals surface area contributed by atoms with Crippen LogP contribution in [0.4, 0.5) is 10.1 Å². The van der Waals surface area contributed by atoms with Crippen LogP contribution in [0.15, 0.2) is 59.6 Å². The molecule has 146 valence electrons. The number of aryl methyl sites for hydroxylation is 2. The zero-order valence-electron chi connectivity index (χ0n) is 15.8. The van der Waals surface area contributed by atoms with Crippen LogP contribution in [0.3, 0.4) is 0 Å². The minimum absolute atomic E-state index is 0.187. The van der Waals surface area contributed by atoms with Crippen molar-refractivity contribution in [3.8, 4) is 0 Å². The first-order chi connectivity index (χ1) is 13.4. The van der Waals surface area contributed by atoms with Crippen LogP contribution < -0.4 is 4.31 Å². The van der Waals surface area contributed by atoms with E-state index in [-0.39, 0.29) is 16.8 Å². The molecule has 0 amide bonds. The van der Waals surface area contributed by atoms with E-state index in [0.717, 1.165) is 11.1 Å². The van der Waals surface area contributed by atoms with E-state index in [1.54, 1.807) is 23.9 Å². The molecule has 1 unspecified atom stereocenters. The van der Waals surface area contributed by atoms with Crippen molar-refractivity contribution in [2.45, 2.75) is 44.2 Å². The first kappa shape index (κ1) is 18.7. The molecule has 0 aliphatic carbocycles. The van der Waals surface area contributed by atoms with Crippen LogP contribution in [0.1, 0.15) is 30.2 Å². The third-order valence-electron chi connectivity index (χ3n) is 5.14. The van der Waals surface area contributed by atoms with E-state index in [0.29, 0.717) is 30.8 Å². The number of fused-ring (bicyclic) bond motifs is 1. The van der Waals surface area contributed by atoms with Gasteiger partial charge in [0, 0.05) is 12.2 Å². The summed E-state index contributed by atoms with van der Waals surface area (Å²) in [6.45, 7) is 4.08. The second kappa shape index (κ2) is 7.05. The Morgan fingerprint density at radius 3 is 2.68 bits per heavy atom. The highest BCUT2D eigenvalue weighted by Gasteiger charge is 2.36. The second-order valence-corrected chi connectivity index (χ2v) is 9.01. The Bertz CT molecular complexity index is 1110. The summed E-state index contributed by atoms with van der Waals surface area (Å²) in [5, 5.41) is 4.41. The summed E-state index contributed by atoms with van der Waals surface area (Å²) in [6, 6.07) is 13.8. The topological polar surface area (TPSA) is 55.2 Å². The number of anilines is 1. The van der Waals surface area contributed by atoms with Crippen molar-refractivity contribution >= 4 is 15.7 Å². The van der Waals surface area contributed by atoms with Gasteiger partial charge in [0.15, 0.2) is 0 Å². The summed E-state index contributed by atoms with van der Waals surface area (Å²) >= 11 is 0. The first-order valence-electron chi connectivity index (χ1n) is 9.27. The van der Waals surface area contributed by atoms with Crippen molar-refractivity contribution in [3.05, 3.63) is 77.4 Å². The molecule has 2 heterocycles. The van der Waals surface area contributed by atoms with E-state index < -0.39 is 10.0 Å². The molecule has 0 saturated carbocycles. The average Bonchev–Trinajstić information content (AvgIpc) is 3.03. The van der Waals surface area contributed by atoms with Gasteiger partial charge >= 0.3 is 0 Å². The SMILES string of the molecule is Cc1nn(Cc2ccccc2)cc1S(=O)(=O)N1c2ccc(F)cc2CCC1C. The van der Waals surface area contributed by atoms with Crippen molar-refractivity contribution in [1.82, 2.24) is 9.78 Å². The lowest BCUT2D eigenvalue weighted by molar-refractivity contribution is 0.559. The van der Waals surface area contributed by atoms with Crippen LogP contribution in [-0.4, -0.2) is 24.2 Å². The number of rotatable bonds is 4. The molecule has 1 aromatic heterocycles. The summed E-state index contributed by atoms with van der Waals surface area (Å²) in [5.41, 5.74) is 2.77. The van der Waals surface area contributed by atoms with Crippen molar-refractivity contribution in [3.63, 3.8) is 0 Å². The molecule has 1 aliphatic heterocycles. The zero-order chi connectivity index (χ0) is 19.9. The Kier molecular flexibility index (Phi) is 4.71. The van der Waals surface area contributed by atoms with Gasteiger partial charge in [-0.3, -0.25) is 8.99 Å². The van der Waals surface area contributed by atoms with Gasteiger partial charge in [-0.2, -0.15) is 5.10 Å². The van der Waals surface area contributed by atoms with Crippen molar-refractivity contribution < 1.29 is 12.8 Å². The van der Waals surface area contributed by atoms with Gasteiger partial charge in [-0.15, -0.1) is 0 Å². The number of aromatic nitrogens is 2. The molecule has 0 N–H and O–H groups in total. The zero-order valence-corrected chi connectivity index (χ0v) is 16.7. The van der Waals surface area contributed by atoms with E-state index in [2.05, 4.69) is 5.10 Å². The average molecular weight is 399 g/mol. The Morgan fingerprint density at radius 2 is 1.93 bits per heavy atom. The van der Waals surface area contributed by atoms with Gasteiger partial charge in [0.2, 0.25) is 0 Å². The third kappa shape index (κ3) is 3.30. The number of halogens is 1. The Hall–Kier alpha value is -2.67. The lowest BCUT2D eigenvalue weighted by Crippen LogP contribution is -2.42. The lowest BCUT2D eigenvalue weighted by atomic mass is 9.99. The Morgan fingerprint density at radius 1 is 1.18 bits per heavy atom. The van der Waals surface area contributed by atoms with Crippen molar-refractivity contribution in [1.29, 1.82) is 0 Å². The highest BCUT2D eigenvalue weighted by Crippen LogP contribution is 2.36. The van der Waals surface area contributed by atoms with Gasteiger partial charge in [0.05, 0.1) is 17.9 Å².